The van der Waals surface area contributed by atoms with E-state index in [0.717, 1.165) is 11.3 Å². The highest BCUT2D eigenvalue weighted by molar-refractivity contribution is 7.15. The first kappa shape index (κ1) is 15.4. The number of thiophene rings is 1. The molecule has 0 saturated heterocycles. The molecule has 1 unspecified atom stereocenters. The third-order valence-electron chi connectivity index (χ3n) is 2.06. The van der Waals surface area contributed by atoms with Gasteiger partial charge in [0.2, 0.25) is 0 Å². The summed E-state index contributed by atoms with van der Waals surface area (Å²) in [4.78, 5) is 22.4. The number of carbonyl (C=O) groups excluding carboxylic acids is 1. The van der Waals surface area contributed by atoms with Crippen LogP contribution in [0.3, 0.4) is 0 Å². The normalized spacial score (nSPS) is 12.8. The summed E-state index contributed by atoms with van der Waals surface area (Å²) in [6.07, 6.45) is -0.598. The van der Waals surface area contributed by atoms with Crippen LogP contribution in [0.1, 0.15) is 31.7 Å². The minimum atomic E-state index is -0.606. The third kappa shape index (κ3) is 4.84. The molecule has 0 aromatic carbocycles. The Balaban J connectivity index is 2.72. The van der Waals surface area contributed by atoms with Gasteiger partial charge in [-0.25, -0.2) is 4.79 Å². The van der Waals surface area contributed by atoms with Crippen molar-refractivity contribution in [2.45, 2.75) is 32.4 Å². The van der Waals surface area contributed by atoms with Crippen LogP contribution in [0.5, 0.6) is 0 Å². The van der Waals surface area contributed by atoms with Gasteiger partial charge in [-0.1, -0.05) is 11.3 Å². The number of nitrogens with zero attached hydrogens (tertiary/aromatic N) is 1. The van der Waals surface area contributed by atoms with E-state index in [1.54, 1.807) is 26.8 Å². The van der Waals surface area contributed by atoms with Crippen LogP contribution in [0.15, 0.2) is 12.1 Å². The van der Waals surface area contributed by atoms with Crippen LogP contribution in [0.4, 0.5) is 9.80 Å². The molecule has 3 N–H and O–H groups in total. The number of hydrogen-bond donors (Lipinski definition) is 2. The van der Waals surface area contributed by atoms with Gasteiger partial charge in [-0.3, -0.25) is 10.1 Å². The molecule has 19 heavy (non-hydrogen) atoms. The molecule has 1 aromatic heterocycles. The fourth-order valence-corrected chi connectivity index (χ4v) is 2.21. The molecule has 1 rings (SSSR count). The van der Waals surface area contributed by atoms with Crippen LogP contribution in [0.25, 0.3) is 0 Å². The Bertz CT molecular complexity index is 467. The molecule has 0 aliphatic rings. The summed E-state index contributed by atoms with van der Waals surface area (Å²) in [6, 6.07) is 2.48. The van der Waals surface area contributed by atoms with Gasteiger partial charge in [-0.15, -0.1) is 0 Å². The molecule has 0 fully saturated rings. The summed E-state index contributed by atoms with van der Waals surface area (Å²) in [5, 5.41) is 13.2. The predicted molar refractivity (Wildman–Crippen MR) is 72.1 cm³/mol. The van der Waals surface area contributed by atoms with Crippen molar-refractivity contribution in [3.63, 3.8) is 0 Å². The van der Waals surface area contributed by atoms with Crippen molar-refractivity contribution in [1.29, 1.82) is 0 Å². The van der Waals surface area contributed by atoms with Gasteiger partial charge in [0.05, 0.1) is 11.0 Å². The lowest BCUT2D eigenvalue weighted by molar-refractivity contribution is -0.380. The van der Waals surface area contributed by atoms with Crippen molar-refractivity contribution >= 4 is 22.4 Å². The van der Waals surface area contributed by atoms with Crippen LogP contribution in [0.2, 0.25) is 0 Å². The first-order valence-electron chi connectivity index (χ1n) is 5.66. The summed E-state index contributed by atoms with van der Waals surface area (Å²) < 4.78 is 5.11. The van der Waals surface area contributed by atoms with Crippen LogP contribution >= 0.6 is 11.3 Å². The smallest absolute Gasteiger partial charge is 0.408 e. The highest BCUT2D eigenvalue weighted by Gasteiger charge is 2.22. The van der Waals surface area contributed by atoms with Crippen molar-refractivity contribution in [2.75, 3.05) is 6.54 Å². The van der Waals surface area contributed by atoms with Crippen molar-refractivity contribution < 1.29 is 14.5 Å². The maximum Gasteiger partial charge on any atom is 0.408 e. The zero-order valence-corrected chi connectivity index (χ0v) is 11.8. The maximum absolute atomic E-state index is 11.6. The molecule has 0 spiro atoms. The summed E-state index contributed by atoms with van der Waals surface area (Å²) in [5.74, 6) is 0. The minimum Gasteiger partial charge on any atom is -0.444 e. The summed E-state index contributed by atoms with van der Waals surface area (Å²) in [6.45, 7) is 5.39. The Labute approximate surface area is 114 Å². The van der Waals surface area contributed by atoms with E-state index in [0.29, 0.717) is 4.88 Å². The standard InChI is InChI=1S/C11H17N3O4S/c1-11(2,3)18-10(15)13-7(6-12)8-4-5-9(19-8)14(16)17/h4-5,7H,6,12H2,1-3H3,(H,13,15). The Morgan fingerprint density at radius 1 is 1.58 bits per heavy atom. The quantitative estimate of drug-likeness (QED) is 0.652. The van der Waals surface area contributed by atoms with Crippen LogP contribution < -0.4 is 11.1 Å². The van der Waals surface area contributed by atoms with E-state index < -0.39 is 22.7 Å². The molecule has 7 nitrogen and oxygen atoms in total. The first-order chi connectivity index (χ1) is 8.73. The molecule has 0 saturated carbocycles. The largest absolute Gasteiger partial charge is 0.444 e. The van der Waals surface area contributed by atoms with Crippen molar-refractivity contribution in [2.24, 2.45) is 5.73 Å². The van der Waals surface area contributed by atoms with Gasteiger partial charge in [-0.2, -0.15) is 0 Å². The highest BCUT2D eigenvalue weighted by Crippen LogP contribution is 2.28. The van der Waals surface area contributed by atoms with Gasteiger partial charge in [-0.05, 0) is 26.8 Å². The average Bonchev–Trinajstić information content (AvgIpc) is 2.72. The van der Waals surface area contributed by atoms with E-state index in [-0.39, 0.29) is 11.5 Å². The third-order valence-corrected chi connectivity index (χ3v) is 3.21. The van der Waals surface area contributed by atoms with E-state index in [1.165, 1.54) is 6.07 Å². The lowest BCUT2D eigenvalue weighted by Gasteiger charge is -2.22. The number of nitrogens with two attached hydrogens (primary N) is 1. The Hall–Kier alpha value is -1.67. The minimum absolute atomic E-state index is 0.0134. The zero-order valence-electron chi connectivity index (χ0n) is 11.0. The molecular formula is C11H17N3O4S. The van der Waals surface area contributed by atoms with E-state index in [1.807, 2.05) is 0 Å². The molecular weight excluding hydrogens is 270 g/mol. The average molecular weight is 287 g/mol. The van der Waals surface area contributed by atoms with E-state index >= 15 is 0 Å². The van der Waals surface area contributed by atoms with Crippen molar-refractivity contribution in [3.8, 4) is 0 Å². The number of nitrogens with one attached hydrogen (secondary N) is 1. The number of ether oxygens (including phenoxy) is 1. The van der Waals surface area contributed by atoms with E-state index in [9.17, 15) is 14.9 Å². The molecule has 1 atom stereocenters. The van der Waals surface area contributed by atoms with Gasteiger partial charge in [0.1, 0.15) is 5.60 Å². The second-order valence-corrected chi connectivity index (χ2v) is 5.96. The SMILES string of the molecule is CC(C)(C)OC(=O)NC(CN)c1ccc([N+](=O)[O-])s1. The predicted octanol–water partition coefficient (Wildman–Crippen LogP) is 2.18. The maximum atomic E-state index is 11.6. The molecule has 0 radical (unpaired) electrons. The molecule has 1 amide bonds. The summed E-state index contributed by atoms with van der Waals surface area (Å²) in [5.41, 5.74) is 4.96. The number of amides is 1. The second kappa shape index (κ2) is 5.98. The number of hydrogen-bond acceptors (Lipinski definition) is 6. The number of nitro groups is 1. The van der Waals surface area contributed by atoms with Crippen LogP contribution in [-0.4, -0.2) is 23.2 Å². The molecule has 8 heteroatoms. The Morgan fingerprint density at radius 3 is 2.63 bits per heavy atom. The molecule has 0 aliphatic carbocycles. The molecule has 1 heterocycles. The van der Waals surface area contributed by atoms with Gasteiger partial charge in [0, 0.05) is 17.5 Å². The Morgan fingerprint density at radius 2 is 2.21 bits per heavy atom. The lowest BCUT2D eigenvalue weighted by atomic mass is 10.2. The fourth-order valence-electron chi connectivity index (χ4n) is 1.32. The summed E-state index contributed by atoms with van der Waals surface area (Å²) in [7, 11) is 0. The molecule has 0 aliphatic heterocycles. The fraction of sp³-hybridized carbons (Fsp3) is 0.545. The van der Waals surface area contributed by atoms with Crippen LogP contribution in [-0.2, 0) is 4.74 Å². The lowest BCUT2D eigenvalue weighted by Crippen LogP contribution is -2.37. The number of carbonyl (C=O) groups is 1. The van der Waals surface area contributed by atoms with E-state index in [4.69, 9.17) is 10.5 Å². The van der Waals surface area contributed by atoms with E-state index in [2.05, 4.69) is 5.32 Å². The van der Waals surface area contributed by atoms with Crippen molar-refractivity contribution in [3.05, 3.63) is 27.1 Å². The monoisotopic (exact) mass is 287 g/mol. The first-order valence-corrected chi connectivity index (χ1v) is 6.48. The topological polar surface area (TPSA) is 107 Å². The molecule has 106 valence electrons. The highest BCUT2D eigenvalue weighted by atomic mass is 32.1. The zero-order chi connectivity index (χ0) is 14.6. The van der Waals surface area contributed by atoms with Gasteiger partial charge in [0.15, 0.2) is 0 Å². The number of rotatable bonds is 4. The van der Waals surface area contributed by atoms with Gasteiger partial charge in [0.25, 0.3) is 0 Å². The van der Waals surface area contributed by atoms with Gasteiger partial charge >= 0.3 is 11.1 Å². The summed E-state index contributed by atoms with van der Waals surface area (Å²) >= 11 is 0.984. The number of alkyl carbamates (subject to hydrolysis) is 1. The van der Waals surface area contributed by atoms with Crippen molar-refractivity contribution in [1.82, 2.24) is 5.32 Å². The Kier molecular flexibility index (Phi) is 4.84. The second-order valence-electron chi connectivity index (χ2n) is 4.87. The van der Waals surface area contributed by atoms with Gasteiger partial charge < -0.3 is 15.8 Å². The molecule has 0 bridgehead atoms. The van der Waals surface area contributed by atoms with Crippen LogP contribution in [0, 0.1) is 10.1 Å². The molecule has 1 aromatic rings.